The SMILES string of the molecule is O=C(OCc1ccccc1)c1ccc2c(c1)c(N=Nc1ccc(S(=O)(=O)CCO)cc1)cn2CCO. The largest absolute Gasteiger partial charge is 0.457 e. The van der Waals surface area contributed by atoms with Gasteiger partial charge in [-0.15, -0.1) is 5.11 Å². The van der Waals surface area contributed by atoms with Gasteiger partial charge in [0.2, 0.25) is 0 Å². The highest BCUT2D eigenvalue weighted by Crippen LogP contribution is 2.31. The number of hydrogen-bond acceptors (Lipinski definition) is 8. The van der Waals surface area contributed by atoms with Crippen molar-refractivity contribution in [3.63, 3.8) is 0 Å². The quantitative estimate of drug-likeness (QED) is 0.245. The summed E-state index contributed by atoms with van der Waals surface area (Å²) in [4.78, 5) is 12.7. The van der Waals surface area contributed by atoms with Crippen molar-refractivity contribution in [2.45, 2.75) is 18.0 Å². The lowest BCUT2D eigenvalue weighted by Crippen LogP contribution is -2.09. The van der Waals surface area contributed by atoms with Crippen LogP contribution in [0.2, 0.25) is 0 Å². The van der Waals surface area contributed by atoms with Crippen LogP contribution in [0, 0.1) is 0 Å². The van der Waals surface area contributed by atoms with Gasteiger partial charge in [0.05, 0.1) is 40.6 Å². The molecule has 4 aromatic rings. The van der Waals surface area contributed by atoms with E-state index in [0.29, 0.717) is 28.9 Å². The molecule has 0 aliphatic rings. The zero-order valence-corrected chi connectivity index (χ0v) is 20.1. The second-order valence-electron chi connectivity index (χ2n) is 7.96. The van der Waals surface area contributed by atoms with Gasteiger partial charge in [-0.05, 0) is 48.0 Å². The fraction of sp³-hybridized carbons (Fsp3) is 0.192. The molecule has 3 aromatic carbocycles. The number of benzene rings is 3. The minimum Gasteiger partial charge on any atom is -0.457 e. The molecule has 0 spiro atoms. The third-order valence-electron chi connectivity index (χ3n) is 5.48. The van der Waals surface area contributed by atoms with Gasteiger partial charge >= 0.3 is 5.97 Å². The molecule has 0 atom stereocenters. The summed E-state index contributed by atoms with van der Waals surface area (Å²) in [7, 11) is -3.55. The number of sulfone groups is 1. The van der Waals surface area contributed by atoms with Crippen molar-refractivity contribution in [3.05, 3.63) is 90.1 Å². The third kappa shape index (κ3) is 5.85. The summed E-state index contributed by atoms with van der Waals surface area (Å²) in [5.74, 6) is -0.827. The van der Waals surface area contributed by atoms with Crippen LogP contribution in [-0.2, 0) is 27.7 Å². The molecule has 0 bridgehead atoms. The van der Waals surface area contributed by atoms with Crippen LogP contribution in [0.15, 0.2) is 94.1 Å². The Bertz CT molecular complexity index is 1480. The maximum atomic E-state index is 12.7. The number of carbonyl (C=O) groups excluding carboxylic acids is 1. The van der Waals surface area contributed by atoms with Crippen LogP contribution in [0.1, 0.15) is 15.9 Å². The van der Waals surface area contributed by atoms with Gasteiger partial charge in [0, 0.05) is 18.1 Å². The average Bonchev–Trinajstić information content (AvgIpc) is 3.23. The molecule has 186 valence electrons. The maximum Gasteiger partial charge on any atom is 0.338 e. The molecule has 1 heterocycles. The summed E-state index contributed by atoms with van der Waals surface area (Å²) in [5.41, 5.74) is 2.91. The number of aliphatic hydroxyl groups is 2. The lowest BCUT2D eigenvalue weighted by molar-refractivity contribution is 0.0473. The topological polar surface area (TPSA) is 131 Å². The molecule has 0 aliphatic heterocycles. The Morgan fingerprint density at radius 3 is 2.36 bits per heavy atom. The monoisotopic (exact) mass is 507 g/mol. The summed E-state index contributed by atoms with van der Waals surface area (Å²) in [6.45, 7) is -0.0461. The zero-order valence-electron chi connectivity index (χ0n) is 19.3. The van der Waals surface area contributed by atoms with Gasteiger partial charge < -0.3 is 19.5 Å². The molecular formula is C26H25N3O6S. The predicted octanol–water partition coefficient (Wildman–Crippen LogP) is 4.17. The molecular weight excluding hydrogens is 482 g/mol. The van der Waals surface area contributed by atoms with E-state index in [4.69, 9.17) is 9.84 Å². The summed E-state index contributed by atoms with van der Waals surface area (Å²) >= 11 is 0. The van der Waals surface area contributed by atoms with Crippen molar-refractivity contribution in [3.8, 4) is 0 Å². The molecule has 0 saturated carbocycles. The van der Waals surface area contributed by atoms with Crippen LogP contribution < -0.4 is 0 Å². The van der Waals surface area contributed by atoms with E-state index < -0.39 is 22.4 Å². The second-order valence-corrected chi connectivity index (χ2v) is 10.1. The number of rotatable bonds is 10. The Hall–Kier alpha value is -3.86. The molecule has 36 heavy (non-hydrogen) atoms. The highest BCUT2D eigenvalue weighted by atomic mass is 32.2. The molecule has 1 aromatic heterocycles. The van der Waals surface area contributed by atoms with E-state index in [1.807, 2.05) is 34.9 Å². The van der Waals surface area contributed by atoms with Crippen LogP contribution in [0.3, 0.4) is 0 Å². The highest BCUT2D eigenvalue weighted by molar-refractivity contribution is 7.91. The number of ether oxygens (including phenoxy) is 1. The van der Waals surface area contributed by atoms with E-state index in [2.05, 4.69) is 10.2 Å². The van der Waals surface area contributed by atoms with Gasteiger partial charge in [0.1, 0.15) is 12.3 Å². The number of azo groups is 1. The number of nitrogens with zero attached hydrogens (tertiary/aromatic N) is 3. The van der Waals surface area contributed by atoms with Crippen molar-refractivity contribution >= 4 is 38.1 Å². The Kier molecular flexibility index (Phi) is 7.89. The smallest absolute Gasteiger partial charge is 0.338 e. The van der Waals surface area contributed by atoms with E-state index in [1.165, 1.54) is 24.3 Å². The first-order chi connectivity index (χ1) is 17.4. The minimum absolute atomic E-state index is 0.0784. The van der Waals surface area contributed by atoms with E-state index in [-0.39, 0.29) is 23.9 Å². The Balaban J connectivity index is 1.59. The summed E-state index contributed by atoms with van der Waals surface area (Å²) in [6, 6.07) is 20.4. The molecule has 0 radical (unpaired) electrons. The van der Waals surface area contributed by atoms with Crippen molar-refractivity contribution in [1.82, 2.24) is 4.57 Å². The number of fused-ring (bicyclic) bond motifs is 1. The van der Waals surface area contributed by atoms with E-state index in [1.54, 1.807) is 24.4 Å². The zero-order chi connectivity index (χ0) is 25.5. The van der Waals surface area contributed by atoms with Gasteiger partial charge in [-0.2, -0.15) is 5.11 Å². The molecule has 0 saturated heterocycles. The molecule has 10 heteroatoms. The van der Waals surface area contributed by atoms with Gasteiger partial charge in [-0.3, -0.25) is 0 Å². The number of aliphatic hydroxyl groups excluding tert-OH is 2. The van der Waals surface area contributed by atoms with Gasteiger partial charge in [0.25, 0.3) is 0 Å². The van der Waals surface area contributed by atoms with Crippen LogP contribution in [-0.4, -0.2) is 48.1 Å². The van der Waals surface area contributed by atoms with Crippen molar-refractivity contribution in [2.75, 3.05) is 19.0 Å². The average molecular weight is 508 g/mol. The van der Waals surface area contributed by atoms with Gasteiger partial charge in [0.15, 0.2) is 9.84 Å². The fourth-order valence-corrected chi connectivity index (χ4v) is 4.68. The van der Waals surface area contributed by atoms with Crippen LogP contribution in [0.25, 0.3) is 10.9 Å². The van der Waals surface area contributed by atoms with E-state index in [0.717, 1.165) is 11.1 Å². The number of esters is 1. The van der Waals surface area contributed by atoms with Crippen LogP contribution >= 0.6 is 0 Å². The highest BCUT2D eigenvalue weighted by Gasteiger charge is 2.15. The summed E-state index contributed by atoms with van der Waals surface area (Å²) in [5, 5.41) is 27.5. The molecule has 0 amide bonds. The number of carbonyl (C=O) groups is 1. The first-order valence-corrected chi connectivity index (χ1v) is 12.9. The number of aromatic nitrogens is 1. The Labute approximate surface area is 208 Å². The number of hydrogen-bond donors (Lipinski definition) is 2. The standard InChI is InChI=1S/C26H25N3O6S/c30-13-12-29-17-24(28-27-21-7-9-22(10-8-21)36(33,34)15-14-31)23-16-20(6-11-25(23)29)26(32)35-18-19-4-2-1-3-5-19/h1-11,16-17,30-31H,12-15,18H2. The Morgan fingerprint density at radius 1 is 0.917 bits per heavy atom. The summed E-state index contributed by atoms with van der Waals surface area (Å²) < 4.78 is 31.4. The third-order valence-corrected chi connectivity index (χ3v) is 7.19. The lowest BCUT2D eigenvalue weighted by atomic mass is 10.1. The lowest BCUT2D eigenvalue weighted by Gasteiger charge is -2.06. The fourth-order valence-electron chi connectivity index (χ4n) is 3.65. The first kappa shape index (κ1) is 25.2. The first-order valence-electron chi connectivity index (χ1n) is 11.2. The van der Waals surface area contributed by atoms with Crippen LogP contribution in [0.4, 0.5) is 11.4 Å². The molecule has 0 aliphatic carbocycles. The van der Waals surface area contributed by atoms with Crippen LogP contribution in [0.5, 0.6) is 0 Å². The second kappa shape index (κ2) is 11.3. The van der Waals surface area contributed by atoms with E-state index in [9.17, 15) is 18.3 Å². The predicted molar refractivity (Wildman–Crippen MR) is 134 cm³/mol. The molecule has 4 rings (SSSR count). The molecule has 0 fully saturated rings. The van der Waals surface area contributed by atoms with Crippen molar-refractivity contribution < 1.29 is 28.2 Å². The molecule has 2 N–H and O–H groups in total. The van der Waals surface area contributed by atoms with Gasteiger partial charge in [-0.25, -0.2) is 13.2 Å². The molecule has 9 nitrogen and oxygen atoms in total. The maximum absolute atomic E-state index is 12.7. The Morgan fingerprint density at radius 2 is 1.67 bits per heavy atom. The van der Waals surface area contributed by atoms with Crippen molar-refractivity contribution in [2.24, 2.45) is 10.2 Å². The van der Waals surface area contributed by atoms with E-state index >= 15 is 0 Å². The minimum atomic E-state index is -3.55. The van der Waals surface area contributed by atoms with Gasteiger partial charge in [-0.1, -0.05) is 30.3 Å². The summed E-state index contributed by atoms with van der Waals surface area (Å²) in [6.07, 6.45) is 1.73. The normalized spacial score (nSPS) is 11.8. The van der Waals surface area contributed by atoms with Crippen molar-refractivity contribution in [1.29, 1.82) is 0 Å². The molecule has 0 unspecified atom stereocenters.